The van der Waals surface area contributed by atoms with E-state index in [9.17, 15) is 0 Å². The first-order valence-corrected chi connectivity index (χ1v) is 7.08. The molecule has 18 heavy (non-hydrogen) atoms. The Hall–Kier alpha value is -1.02. The van der Waals surface area contributed by atoms with Gasteiger partial charge in [0.1, 0.15) is 5.75 Å². The van der Waals surface area contributed by atoms with Crippen LogP contribution in [0.25, 0.3) is 0 Å². The maximum Gasteiger partial charge on any atom is 0.122 e. The fraction of sp³-hybridized carbons (Fsp3) is 0.625. The highest BCUT2D eigenvalue weighted by atomic mass is 16.5. The first kappa shape index (κ1) is 13.4. The van der Waals surface area contributed by atoms with Crippen LogP contribution in [0.15, 0.2) is 18.2 Å². The van der Waals surface area contributed by atoms with Crippen LogP contribution in [0, 0.1) is 6.92 Å². The molecule has 0 radical (unpaired) electrons. The van der Waals surface area contributed by atoms with Gasteiger partial charge >= 0.3 is 0 Å². The van der Waals surface area contributed by atoms with Crippen LogP contribution in [0.1, 0.15) is 43.7 Å². The third-order valence-electron chi connectivity index (χ3n) is 4.29. The zero-order valence-corrected chi connectivity index (χ0v) is 11.9. The number of likely N-dealkylation sites (N-methyl/N-ethyl adjacent to an activating group) is 1. The molecule has 0 amide bonds. The Morgan fingerprint density at radius 3 is 2.61 bits per heavy atom. The lowest BCUT2D eigenvalue weighted by Gasteiger charge is -2.30. The van der Waals surface area contributed by atoms with E-state index in [1.807, 2.05) is 0 Å². The summed E-state index contributed by atoms with van der Waals surface area (Å²) in [6, 6.07) is 6.73. The summed E-state index contributed by atoms with van der Waals surface area (Å²) in [7, 11) is 1.76. The largest absolute Gasteiger partial charge is 0.496 e. The second-order valence-corrected chi connectivity index (χ2v) is 5.45. The van der Waals surface area contributed by atoms with E-state index in [-0.39, 0.29) is 0 Å². The lowest BCUT2D eigenvalue weighted by Crippen LogP contribution is -2.35. The predicted molar refractivity (Wildman–Crippen MR) is 76.4 cm³/mol. The van der Waals surface area contributed by atoms with E-state index in [1.54, 1.807) is 7.11 Å². The molecule has 0 bridgehead atoms. The van der Waals surface area contributed by atoms with Gasteiger partial charge in [-0.1, -0.05) is 31.9 Å². The predicted octanol–water partition coefficient (Wildman–Crippen LogP) is 3.42. The summed E-state index contributed by atoms with van der Waals surface area (Å²) < 4.78 is 5.47. The number of methoxy groups -OCH3 is 1. The summed E-state index contributed by atoms with van der Waals surface area (Å²) in [6.45, 7) is 6.42. The van der Waals surface area contributed by atoms with Gasteiger partial charge in [0.05, 0.1) is 7.11 Å². The van der Waals surface area contributed by atoms with Crippen LogP contribution in [-0.2, 0) is 5.41 Å². The Morgan fingerprint density at radius 1 is 1.28 bits per heavy atom. The second kappa shape index (κ2) is 5.75. The molecular weight excluding hydrogens is 222 g/mol. The van der Waals surface area contributed by atoms with Crippen molar-refractivity contribution in [3.8, 4) is 5.75 Å². The molecule has 0 aromatic heterocycles. The molecule has 0 saturated heterocycles. The molecule has 2 heteroatoms. The molecule has 1 aliphatic rings. The normalized spacial score (nSPS) is 17.9. The topological polar surface area (TPSA) is 21.3 Å². The minimum atomic E-state index is 0.330. The quantitative estimate of drug-likeness (QED) is 0.860. The van der Waals surface area contributed by atoms with Gasteiger partial charge < -0.3 is 10.1 Å². The van der Waals surface area contributed by atoms with E-state index in [2.05, 4.69) is 37.4 Å². The first-order chi connectivity index (χ1) is 8.72. The number of nitrogens with one attached hydrogen (secondary N) is 1. The molecule has 1 saturated carbocycles. The fourth-order valence-corrected chi connectivity index (χ4v) is 3.13. The number of benzene rings is 1. The average Bonchev–Trinajstić information content (AvgIpc) is 2.87. The van der Waals surface area contributed by atoms with Gasteiger partial charge in [0.15, 0.2) is 0 Å². The van der Waals surface area contributed by atoms with Crippen LogP contribution >= 0.6 is 0 Å². The van der Waals surface area contributed by atoms with E-state index < -0.39 is 0 Å². The maximum atomic E-state index is 5.47. The number of hydrogen-bond donors (Lipinski definition) is 1. The smallest absolute Gasteiger partial charge is 0.122 e. The Kier molecular flexibility index (Phi) is 4.28. The summed E-state index contributed by atoms with van der Waals surface area (Å²) in [5, 5.41) is 3.54. The van der Waals surface area contributed by atoms with Gasteiger partial charge in [-0.3, -0.25) is 0 Å². The molecule has 0 aliphatic heterocycles. The van der Waals surface area contributed by atoms with Crippen molar-refractivity contribution in [3.63, 3.8) is 0 Å². The minimum absolute atomic E-state index is 0.330. The van der Waals surface area contributed by atoms with Crippen molar-refractivity contribution >= 4 is 0 Å². The van der Waals surface area contributed by atoms with Crippen molar-refractivity contribution in [2.24, 2.45) is 0 Å². The Labute approximate surface area is 111 Å². The van der Waals surface area contributed by atoms with Crippen LogP contribution < -0.4 is 10.1 Å². The van der Waals surface area contributed by atoms with Crippen LogP contribution in [0.4, 0.5) is 0 Å². The second-order valence-electron chi connectivity index (χ2n) is 5.45. The molecule has 0 spiro atoms. The molecule has 1 N–H and O–H groups in total. The van der Waals surface area contributed by atoms with E-state index in [4.69, 9.17) is 4.74 Å². The highest BCUT2D eigenvalue weighted by molar-refractivity contribution is 5.40. The summed E-state index contributed by atoms with van der Waals surface area (Å²) in [4.78, 5) is 0. The minimum Gasteiger partial charge on any atom is -0.496 e. The molecule has 2 nitrogen and oxygen atoms in total. The molecule has 100 valence electrons. The average molecular weight is 247 g/mol. The molecule has 1 fully saturated rings. The Bertz CT molecular complexity index is 394. The van der Waals surface area contributed by atoms with Gasteiger partial charge in [0.25, 0.3) is 0 Å². The highest BCUT2D eigenvalue weighted by Gasteiger charge is 2.35. The van der Waals surface area contributed by atoms with Crippen LogP contribution in [0.5, 0.6) is 5.75 Å². The third-order valence-corrected chi connectivity index (χ3v) is 4.29. The first-order valence-electron chi connectivity index (χ1n) is 7.08. The Morgan fingerprint density at radius 2 is 2.00 bits per heavy atom. The monoisotopic (exact) mass is 247 g/mol. The lowest BCUT2D eigenvalue weighted by molar-refractivity contribution is 0.394. The molecule has 0 heterocycles. The van der Waals surface area contributed by atoms with Gasteiger partial charge in [0.2, 0.25) is 0 Å². The Balaban J connectivity index is 2.30. The highest BCUT2D eigenvalue weighted by Crippen LogP contribution is 2.42. The van der Waals surface area contributed by atoms with Crippen molar-refractivity contribution in [3.05, 3.63) is 29.3 Å². The summed E-state index contributed by atoms with van der Waals surface area (Å²) in [6.07, 6.45) is 5.29. The standard InChI is InChI=1S/C16H25NO/c1-4-17-12-16(9-5-6-10-16)14-8-7-13(2)15(11-14)18-3/h7-8,11,17H,4-6,9-10,12H2,1-3H3. The van der Waals surface area contributed by atoms with Crippen LogP contribution in [-0.4, -0.2) is 20.2 Å². The maximum absolute atomic E-state index is 5.47. The summed E-state index contributed by atoms with van der Waals surface area (Å²) in [5.41, 5.74) is 3.00. The molecule has 1 aromatic rings. The number of aryl methyl sites for hydroxylation is 1. The van der Waals surface area contributed by atoms with E-state index in [0.29, 0.717) is 5.41 Å². The molecule has 2 rings (SSSR count). The van der Waals surface area contributed by atoms with Crippen molar-refractivity contribution < 1.29 is 4.74 Å². The van der Waals surface area contributed by atoms with Gasteiger partial charge in [-0.2, -0.15) is 0 Å². The number of ether oxygens (including phenoxy) is 1. The van der Waals surface area contributed by atoms with Crippen LogP contribution in [0.2, 0.25) is 0 Å². The SMILES string of the molecule is CCNCC1(c2ccc(C)c(OC)c2)CCCC1. The molecule has 1 aliphatic carbocycles. The molecule has 0 unspecified atom stereocenters. The van der Waals surface area contributed by atoms with E-state index >= 15 is 0 Å². The van der Waals surface area contributed by atoms with Gasteiger partial charge in [-0.15, -0.1) is 0 Å². The lowest BCUT2D eigenvalue weighted by atomic mass is 9.78. The third kappa shape index (κ3) is 2.54. The number of rotatable bonds is 5. The molecular formula is C16H25NO. The van der Waals surface area contributed by atoms with Crippen molar-refractivity contribution in [2.75, 3.05) is 20.2 Å². The van der Waals surface area contributed by atoms with Crippen LogP contribution in [0.3, 0.4) is 0 Å². The van der Waals surface area contributed by atoms with E-state index in [0.717, 1.165) is 18.8 Å². The van der Waals surface area contributed by atoms with Crippen molar-refractivity contribution in [1.29, 1.82) is 0 Å². The summed E-state index contributed by atoms with van der Waals surface area (Å²) in [5.74, 6) is 1.02. The number of hydrogen-bond acceptors (Lipinski definition) is 2. The van der Waals surface area contributed by atoms with Crippen molar-refractivity contribution in [2.45, 2.75) is 44.9 Å². The van der Waals surface area contributed by atoms with Gasteiger partial charge in [0, 0.05) is 12.0 Å². The summed E-state index contributed by atoms with van der Waals surface area (Å²) >= 11 is 0. The van der Waals surface area contributed by atoms with Gasteiger partial charge in [-0.25, -0.2) is 0 Å². The van der Waals surface area contributed by atoms with Crippen molar-refractivity contribution in [1.82, 2.24) is 5.32 Å². The van der Waals surface area contributed by atoms with Gasteiger partial charge in [-0.05, 0) is 43.5 Å². The molecule has 1 aromatic carbocycles. The molecule has 0 atom stereocenters. The van der Waals surface area contributed by atoms with E-state index in [1.165, 1.54) is 36.8 Å². The zero-order chi connectivity index (χ0) is 13.0. The zero-order valence-electron chi connectivity index (χ0n) is 11.9. The fourth-order valence-electron chi connectivity index (χ4n) is 3.13.